The average molecular weight is 501 g/mol. The van der Waals surface area contributed by atoms with Crippen molar-refractivity contribution in [2.75, 3.05) is 26.2 Å². The van der Waals surface area contributed by atoms with Gasteiger partial charge in [-0.15, -0.1) is 0 Å². The molecule has 35 heavy (non-hydrogen) atoms. The monoisotopic (exact) mass is 500 g/mol. The molecular weight excluding hydrogens is 472 g/mol. The molecule has 1 fully saturated rings. The van der Waals surface area contributed by atoms with Gasteiger partial charge in [0.2, 0.25) is 15.6 Å². The first kappa shape index (κ1) is 24.9. The molecule has 1 saturated heterocycles. The predicted molar refractivity (Wildman–Crippen MR) is 130 cm³/mol. The standard InChI is InChI=1S/C24H28N4O6S/c25-27-15-24(23(30)31,22(29)21-12-17-4-1-2-7-20(17)28-21)35(32,33)19-6-3-5-18(13-19)34-14-16-8-10-26-11-9-16/h1-7,12-13,16,26-28H,8-11,14-15,25H2,(H,30,31)/t24-/m0/s1. The highest BCUT2D eigenvalue weighted by molar-refractivity contribution is 7.94. The number of ketones is 1. The second-order valence-corrected chi connectivity index (χ2v) is 10.8. The Balaban J connectivity index is 1.71. The number of hydrazine groups is 1. The Hall–Kier alpha value is -3.25. The smallest absolute Gasteiger partial charge is 0.335 e. The van der Waals surface area contributed by atoms with E-state index in [0.29, 0.717) is 23.4 Å². The number of hydrogen-bond donors (Lipinski definition) is 5. The van der Waals surface area contributed by atoms with Crippen LogP contribution in [0.3, 0.4) is 0 Å². The van der Waals surface area contributed by atoms with Gasteiger partial charge < -0.3 is 20.1 Å². The van der Waals surface area contributed by atoms with Crippen LogP contribution in [-0.2, 0) is 14.6 Å². The lowest BCUT2D eigenvalue weighted by atomic mass is 9.99. The van der Waals surface area contributed by atoms with Gasteiger partial charge in [-0.25, -0.2) is 13.2 Å². The maximum absolute atomic E-state index is 13.8. The van der Waals surface area contributed by atoms with Crippen molar-refractivity contribution >= 4 is 32.5 Å². The fourth-order valence-electron chi connectivity index (χ4n) is 4.34. The Morgan fingerprint density at radius 2 is 1.86 bits per heavy atom. The van der Waals surface area contributed by atoms with Gasteiger partial charge in [-0.2, -0.15) is 0 Å². The molecule has 0 unspecified atom stereocenters. The van der Waals surface area contributed by atoms with Gasteiger partial charge in [0, 0.05) is 17.4 Å². The first-order valence-electron chi connectivity index (χ1n) is 11.3. The van der Waals surface area contributed by atoms with Crippen LogP contribution in [0.5, 0.6) is 5.75 Å². The van der Waals surface area contributed by atoms with Crippen molar-refractivity contribution < 1.29 is 27.9 Å². The molecule has 186 valence electrons. The number of benzene rings is 2. The van der Waals surface area contributed by atoms with E-state index in [1.807, 2.05) is 0 Å². The number of hydrogen-bond acceptors (Lipinski definition) is 8. The number of Topliss-reactive ketones (excluding diaryl/α,β-unsaturated/α-hetero) is 1. The maximum atomic E-state index is 13.8. The summed E-state index contributed by atoms with van der Waals surface area (Å²) in [6.45, 7) is 1.36. The second kappa shape index (κ2) is 10.2. The minimum Gasteiger partial charge on any atom is -0.493 e. The Bertz CT molecular complexity index is 1300. The van der Waals surface area contributed by atoms with Gasteiger partial charge in [0.05, 0.1) is 17.2 Å². The van der Waals surface area contributed by atoms with Crippen LogP contribution in [-0.4, -0.2) is 61.2 Å². The van der Waals surface area contributed by atoms with E-state index >= 15 is 0 Å². The summed E-state index contributed by atoms with van der Waals surface area (Å²) in [6.07, 6.45) is 1.89. The van der Waals surface area contributed by atoms with Crippen molar-refractivity contribution in [3.63, 3.8) is 0 Å². The molecule has 0 bridgehead atoms. The van der Waals surface area contributed by atoms with E-state index in [1.165, 1.54) is 24.3 Å². The molecule has 10 nitrogen and oxygen atoms in total. The number of carbonyl (C=O) groups excluding carboxylic acids is 1. The van der Waals surface area contributed by atoms with Crippen LogP contribution in [0.25, 0.3) is 10.9 Å². The number of sulfone groups is 1. The summed E-state index contributed by atoms with van der Waals surface area (Å²) in [6, 6.07) is 13.9. The number of H-pyrrole nitrogens is 1. The molecule has 1 aliphatic heterocycles. The van der Waals surface area contributed by atoms with Gasteiger partial charge in [0.25, 0.3) is 4.75 Å². The maximum Gasteiger partial charge on any atom is 0.335 e. The number of aromatic nitrogens is 1. The molecule has 3 aromatic rings. The third kappa shape index (κ3) is 4.67. The van der Waals surface area contributed by atoms with Crippen LogP contribution < -0.4 is 21.3 Å². The summed E-state index contributed by atoms with van der Waals surface area (Å²) >= 11 is 0. The van der Waals surface area contributed by atoms with Gasteiger partial charge in [0.15, 0.2) is 0 Å². The summed E-state index contributed by atoms with van der Waals surface area (Å²) < 4.78 is 30.5. The molecule has 1 aromatic heterocycles. The molecule has 2 heterocycles. The molecule has 0 aliphatic carbocycles. The third-order valence-corrected chi connectivity index (χ3v) is 8.65. The fourth-order valence-corrected chi connectivity index (χ4v) is 6.13. The van der Waals surface area contributed by atoms with Gasteiger partial charge in [0.1, 0.15) is 5.75 Å². The summed E-state index contributed by atoms with van der Waals surface area (Å²) in [7, 11) is -4.78. The van der Waals surface area contributed by atoms with Crippen LogP contribution in [0, 0.1) is 5.92 Å². The molecule has 4 rings (SSSR count). The molecule has 1 aliphatic rings. The SMILES string of the molecule is NNC[C@@](C(=O)O)(C(=O)c1cc2ccccc2[nH]1)S(=O)(=O)c1cccc(OCC2CCNCC2)c1. The average Bonchev–Trinajstić information content (AvgIpc) is 3.30. The largest absolute Gasteiger partial charge is 0.493 e. The Kier molecular flexibility index (Phi) is 7.22. The highest BCUT2D eigenvalue weighted by atomic mass is 32.2. The number of fused-ring (bicyclic) bond motifs is 1. The Labute approximate surface area is 202 Å². The van der Waals surface area contributed by atoms with Crippen molar-refractivity contribution in [3.8, 4) is 5.75 Å². The molecule has 6 N–H and O–H groups in total. The number of nitrogens with two attached hydrogens (primary N) is 1. The molecular formula is C24H28N4O6S. The van der Waals surface area contributed by atoms with Crippen molar-refractivity contribution in [3.05, 3.63) is 60.3 Å². The van der Waals surface area contributed by atoms with Crippen LogP contribution in [0.4, 0.5) is 0 Å². The van der Waals surface area contributed by atoms with Gasteiger partial charge >= 0.3 is 5.97 Å². The topological polar surface area (TPSA) is 164 Å². The molecule has 0 radical (unpaired) electrons. The first-order valence-corrected chi connectivity index (χ1v) is 12.8. The number of carboxylic acids is 1. The Morgan fingerprint density at radius 3 is 2.54 bits per heavy atom. The normalized spacial score (nSPS) is 16.6. The summed E-state index contributed by atoms with van der Waals surface area (Å²) in [5, 5.41) is 14.1. The lowest BCUT2D eigenvalue weighted by Crippen LogP contribution is -2.60. The molecule has 1 atom stereocenters. The summed E-state index contributed by atoms with van der Waals surface area (Å²) in [5.74, 6) is 3.06. The van der Waals surface area contributed by atoms with Crippen molar-refractivity contribution in [2.24, 2.45) is 11.8 Å². The zero-order chi connectivity index (χ0) is 25.1. The molecule has 0 amide bonds. The third-order valence-electron chi connectivity index (χ3n) is 6.36. The number of carbonyl (C=O) groups is 2. The number of ether oxygens (including phenoxy) is 1. The fraction of sp³-hybridized carbons (Fsp3) is 0.333. The number of rotatable bonds is 10. The highest BCUT2D eigenvalue weighted by Crippen LogP contribution is 2.32. The van der Waals surface area contributed by atoms with Crippen LogP contribution in [0.2, 0.25) is 0 Å². The van der Waals surface area contributed by atoms with Crippen molar-refractivity contribution in [1.29, 1.82) is 0 Å². The van der Waals surface area contributed by atoms with Crippen LogP contribution >= 0.6 is 0 Å². The number of para-hydroxylation sites is 1. The van der Waals surface area contributed by atoms with E-state index in [2.05, 4.69) is 15.7 Å². The summed E-state index contributed by atoms with van der Waals surface area (Å²) in [4.78, 5) is 28.6. The minimum atomic E-state index is -4.78. The number of aromatic amines is 1. The summed E-state index contributed by atoms with van der Waals surface area (Å²) in [5.41, 5.74) is 2.52. The second-order valence-electron chi connectivity index (χ2n) is 8.60. The predicted octanol–water partition coefficient (Wildman–Crippen LogP) is 1.49. The van der Waals surface area contributed by atoms with E-state index in [0.717, 1.165) is 25.9 Å². The minimum absolute atomic E-state index is 0.147. The zero-order valence-corrected chi connectivity index (χ0v) is 19.8. The van der Waals surface area contributed by atoms with Crippen molar-refractivity contribution in [2.45, 2.75) is 22.5 Å². The number of aliphatic carboxylic acids is 1. The van der Waals surface area contributed by atoms with Crippen molar-refractivity contribution in [1.82, 2.24) is 15.7 Å². The van der Waals surface area contributed by atoms with Gasteiger partial charge in [-0.05, 0) is 62.2 Å². The number of carboxylic acid groups (broad SMARTS) is 1. The molecule has 0 spiro atoms. The Morgan fingerprint density at radius 1 is 1.11 bits per heavy atom. The molecule has 11 heteroatoms. The van der Waals surface area contributed by atoms with Gasteiger partial charge in [-0.3, -0.25) is 16.1 Å². The zero-order valence-electron chi connectivity index (χ0n) is 19.0. The lowest BCUT2D eigenvalue weighted by Gasteiger charge is -2.27. The highest BCUT2D eigenvalue weighted by Gasteiger charge is 2.58. The van der Waals surface area contributed by atoms with E-state index in [9.17, 15) is 23.1 Å². The molecule has 0 saturated carbocycles. The van der Waals surface area contributed by atoms with Gasteiger partial charge in [-0.1, -0.05) is 24.3 Å². The number of nitrogens with one attached hydrogen (secondary N) is 3. The van der Waals surface area contributed by atoms with E-state index in [1.54, 1.807) is 30.3 Å². The molecule has 2 aromatic carbocycles. The van der Waals surface area contributed by atoms with Crippen LogP contribution in [0.15, 0.2) is 59.5 Å². The lowest BCUT2D eigenvalue weighted by molar-refractivity contribution is -0.138. The van der Waals surface area contributed by atoms with E-state index in [4.69, 9.17) is 10.6 Å². The quantitative estimate of drug-likeness (QED) is 0.120. The van der Waals surface area contributed by atoms with E-state index in [-0.39, 0.29) is 16.3 Å². The van der Waals surface area contributed by atoms with E-state index < -0.39 is 32.9 Å². The first-order chi connectivity index (χ1) is 16.8. The number of piperidine rings is 1. The van der Waals surface area contributed by atoms with Crippen LogP contribution in [0.1, 0.15) is 23.3 Å².